The van der Waals surface area contributed by atoms with Crippen molar-refractivity contribution in [3.8, 4) is 5.75 Å². The molecule has 36 heavy (non-hydrogen) atoms. The van der Waals surface area contributed by atoms with Crippen molar-refractivity contribution in [2.24, 2.45) is 11.8 Å². The van der Waals surface area contributed by atoms with Crippen LogP contribution in [0.15, 0.2) is 48.7 Å². The molecular weight excluding hydrogens is 473 g/mol. The van der Waals surface area contributed by atoms with E-state index in [2.05, 4.69) is 4.98 Å². The van der Waals surface area contributed by atoms with Crippen molar-refractivity contribution in [3.63, 3.8) is 0 Å². The summed E-state index contributed by atoms with van der Waals surface area (Å²) in [7, 11) is 0. The van der Waals surface area contributed by atoms with Gasteiger partial charge in [-0.3, -0.25) is 9.59 Å². The number of amides is 1. The number of ether oxygens (including phenoxy) is 1. The summed E-state index contributed by atoms with van der Waals surface area (Å²) in [5, 5.41) is 10.2. The molecule has 2 heterocycles. The van der Waals surface area contributed by atoms with Crippen molar-refractivity contribution in [1.29, 1.82) is 0 Å². The number of aromatic nitrogens is 1. The van der Waals surface area contributed by atoms with Gasteiger partial charge in [-0.2, -0.15) is 13.2 Å². The molecule has 0 spiro atoms. The third-order valence-corrected chi connectivity index (χ3v) is 7.16. The van der Waals surface area contributed by atoms with Gasteiger partial charge in [0.2, 0.25) is 5.91 Å². The van der Waals surface area contributed by atoms with Crippen LogP contribution in [-0.4, -0.2) is 58.2 Å². The van der Waals surface area contributed by atoms with Gasteiger partial charge < -0.3 is 14.7 Å². The number of aliphatic hydroxyl groups is 1. The van der Waals surface area contributed by atoms with Gasteiger partial charge in [-0.25, -0.2) is 4.98 Å². The molecule has 1 aromatic carbocycles. The first-order valence-corrected chi connectivity index (χ1v) is 12.4. The Labute approximate surface area is 208 Å². The largest absolute Gasteiger partial charge is 0.489 e. The van der Waals surface area contributed by atoms with Crippen LogP contribution in [0.3, 0.4) is 0 Å². The number of rotatable bonds is 8. The average molecular weight is 505 g/mol. The molecule has 0 unspecified atom stereocenters. The van der Waals surface area contributed by atoms with E-state index in [9.17, 15) is 27.9 Å². The van der Waals surface area contributed by atoms with E-state index in [1.807, 2.05) is 30.3 Å². The molecule has 9 heteroatoms. The van der Waals surface area contributed by atoms with Gasteiger partial charge in [0.15, 0.2) is 5.78 Å². The quantitative estimate of drug-likeness (QED) is 0.532. The van der Waals surface area contributed by atoms with E-state index in [-0.39, 0.29) is 62.6 Å². The fourth-order valence-corrected chi connectivity index (χ4v) is 5.15. The normalized spacial score (nSPS) is 24.5. The number of pyridine rings is 1. The van der Waals surface area contributed by atoms with Crippen LogP contribution in [-0.2, 0) is 11.2 Å². The molecular formula is C27H31F3N2O4. The van der Waals surface area contributed by atoms with E-state index in [1.54, 1.807) is 12.1 Å². The second-order valence-corrected chi connectivity index (χ2v) is 9.69. The molecule has 1 amide bonds. The minimum atomic E-state index is -4.23. The Bertz CT molecular complexity index is 1040. The summed E-state index contributed by atoms with van der Waals surface area (Å²) in [5.74, 6) is -1.91. The first kappa shape index (κ1) is 26.1. The number of aryl methyl sites for hydroxylation is 1. The topological polar surface area (TPSA) is 79.7 Å². The summed E-state index contributed by atoms with van der Waals surface area (Å²) in [6, 6.07) is 12.5. The van der Waals surface area contributed by atoms with Crippen LogP contribution >= 0.6 is 0 Å². The molecule has 2 aliphatic rings. The van der Waals surface area contributed by atoms with Gasteiger partial charge in [-0.15, -0.1) is 0 Å². The number of alkyl halides is 3. The fraction of sp³-hybridized carbons (Fsp3) is 0.519. The minimum absolute atomic E-state index is 0.0540. The highest BCUT2D eigenvalue weighted by Gasteiger charge is 2.44. The average Bonchev–Trinajstić information content (AvgIpc) is 3.26. The van der Waals surface area contributed by atoms with Gasteiger partial charge in [0.05, 0.1) is 18.1 Å². The van der Waals surface area contributed by atoms with Crippen molar-refractivity contribution < 1.29 is 32.6 Å². The summed E-state index contributed by atoms with van der Waals surface area (Å²) in [5.41, 5.74) is 1.26. The maximum atomic E-state index is 13.1. The predicted molar refractivity (Wildman–Crippen MR) is 126 cm³/mol. The second kappa shape index (κ2) is 11.4. The number of hydrogen-bond acceptors (Lipinski definition) is 5. The molecule has 1 aliphatic carbocycles. The maximum Gasteiger partial charge on any atom is 0.391 e. The molecule has 4 rings (SSSR count). The van der Waals surface area contributed by atoms with Gasteiger partial charge in [0, 0.05) is 25.1 Å². The van der Waals surface area contributed by atoms with Crippen LogP contribution in [0.1, 0.15) is 54.6 Å². The zero-order valence-corrected chi connectivity index (χ0v) is 20.0. The molecule has 1 aromatic heterocycles. The highest BCUT2D eigenvalue weighted by Crippen LogP contribution is 2.40. The van der Waals surface area contributed by atoms with Gasteiger partial charge in [-0.05, 0) is 56.2 Å². The Kier molecular flexibility index (Phi) is 8.28. The van der Waals surface area contributed by atoms with Crippen LogP contribution in [0.2, 0.25) is 0 Å². The summed E-state index contributed by atoms with van der Waals surface area (Å²) >= 11 is 0. The SMILES string of the molecule is O=C(CCc1ccccc1)c1ncccc1OC[C@H]1C[C@H](O)CN1C(=O)C1CCC(C(F)(F)F)CC1. The Morgan fingerprint density at radius 1 is 1.06 bits per heavy atom. The number of carbonyl (C=O) groups is 2. The van der Waals surface area contributed by atoms with Crippen molar-refractivity contribution in [3.05, 3.63) is 59.9 Å². The number of likely N-dealkylation sites (tertiary alicyclic amines) is 1. The summed E-state index contributed by atoms with van der Waals surface area (Å²) in [6.45, 7) is 0.188. The number of carbonyl (C=O) groups excluding carboxylic acids is 2. The molecule has 6 nitrogen and oxygen atoms in total. The molecule has 0 bridgehead atoms. The van der Waals surface area contributed by atoms with E-state index in [0.717, 1.165) is 5.56 Å². The van der Waals surface area contributed by atoms with Crippen molar-refractivity contribution >= 4 is 11.7 Å². The smallest absolute Gasteiger partial charge is 0.391 e. The Morgan fingerprint density at radius 2 is 1.78 bits per heavy atom. The molecule has 2 atom stereocenters. The second-order valence-electron chi connectivity index (χ2n) is 9.69. The third kappa shape index (κ3) is 6.43. The number of nitrogens with zero attached hydrogens (tertiary/aromatic N) is 2. The molecule has 1 saturated heterocycles. The molecule has 1 aliphatic heterocycles. The van der Waals surface area contributed by atoms with E-state index >= 15 is 0 Å². The summed E-state index contributed by atoms with van der Waals surface area (Å²) < 4.78 is 44.9. The van der Waals surface area contributed by atoms with Gasteiger partial charge in [0.1, 0.15) is 18.1 Å². The maximum absolute atomic E-state index is 13.1. The first-order valence-electron chi connectivity index (χ1n) is 12.4. The zero-order chi connectivity index (χ0) is 25.7. The molecule has 1 N–H and O–H groups in total. The summed E-state index contributed by atoms with van der Waals surface area (Å²) in [4.78, 5) is 31.7. The van der Waals surface area contributed by atoms with Crippen LogP contribution in [0.4, 0.5) is 13.2 Å². The van der Waals surface area contributed by atoms with Crippen LogP contribution in [0.25, 0.3) is 0 Å². The van der Waals surface area contributed by atoms with Crippen molar-refractivity contribution in [2.75, 3.05) is 13.2 Å². The first-order chi connectivity index (χ1) is 17.2. The molecule has 2 aromatic rings. The van der Waals surface area contributed by atoms with Gasteiger partial charge in [0.25, 0.3) is 0 Å². The standard InChI is InChI=1S/C27H31F3N2O4/c28-27(29,30)20-11-9-19(10-12-20)26(35)32-16-22(33)15-21(32)17-36-24-7-4-14-31-25(24)23(34)13-8-18-5-2-1-3-6-18/h1-7,14,19-22,33H,8-13,15-17H2/t19?,20?,21-,22+/m1/s1. The van der Waals surface area contributed by atoms with Crippen molar-refractivity contribution in [2.45, 2.75) is 63.3 Å². The summed E-state index contributed by atoms with van der Waals surface area (Å²) in [6.07, 6.45) is -2.02. The number of benzene rings is 1. The lowest BCUT2D eigenvalue weighted by molar-refractivity contribution is -0.185. The zero-order valence-electron chi connectivity index (χ0n) is 20.0. The van der Waals surface area contributed by atoms with Gasteiger partial charge in [-0.1, -0.05) is 30.3 Å². The van der Waals surface area contributed by atoms with E-state index in [4.69, 9.17) is 4.74 Å². The van der Waals surface area contributed by atoms with Gasteiger partial charge >= 0.3 is 6.18 Å². The van der Waals surface area contributed by atoms with Crippen LogP contribution in [0, 0.1) is 11.8 Å². The number of β-amino-alcohol motifs (C(OH)–C–C–N with tert-alkyl or cyclic N) is 1. The Morgan fingerprint density at radius 3 is 2.47 bits per heavy atom. The van der Waals surface area contributed by atoms with Crippen molar-refractivity contribution in [1.82, 2.24) is 9.88 Å². The van der Waals surface area contributed by atoms with E-state index in [0.29, 0.717) is 18.6 Å². The number of ketones is 1. The number of halogens is 3. The molecule has 194 valence electrons. The third-order valence-electron chi connectivity index (χ3n) is 7.16. The lowest BCUT2D eigenvalue weighted by Gasteiger charge is -2.33. The number of aliphatic hydroxyl groups excluding tert-OH is 1. The van der Waals surface area contributed by atoms with E-state index in [1.165, 1.54) is 11.1 Å². The highest BCUT2D eigenvalue weighted by atomic mass is 19.4. The molecule has 0 radical (unpaired) electrons. The van der Waals surface area contributed by atoms with Crippen LogP contribution < -0.4 is 4.74 Å². The Hall–Kier alpha value is -2.94. The predicted octanol–water partition coefficient (Wildman–Crippen LogP) is 4.61. The molecule has 1 saturated carbocycles. The highest BCUT2D eigenvalue weighted by molar-refractivity contribution is 5.96. The number of Topliss-reactive ketones (excluding diaryl/α,β-unsaturated/α-hetero) is 1. The minimum Gasteiger partial charge on any atom is -0.489 e. The van der Waals surface area contributed by atoms with E-state index < -0.39 is 30.2 Å². The number of hydrogen-bond donors (Lipinski definition) is 1. The Balaban J connectivity index is 1.36. The van der Waals surface area contributed by atoms with Crippen LogP contribution in [0.5, 0.6) is 5.75 Å². The lowest BCUT2D eigenvalue weighted by atomic mass is 9.81. The molecule has 2 fully saturated rings. The lowest BCUT2D eigenvalue weighted by Crippen LogP contribution is -2.44. The monoisotopic (exact) mass is 504 g/mol. The fourth-order valence-electron chi connectivity index (χ4n) is 5.15.